The number of aldehydes is 1. The Bertz CT molecular complexity index is 193. The smallest absolute Gasteiger partial charge is 0.127 e. The van der Waals surface area contributed by atoms with Crippen LogP contribution >= 0.6 is 0 Å². The fourth-order valence-electron chi connectivity index (χ4n) is 2.60. The van der Waals surface area contributed by atoms with Crippen molar-refractivity contribution in [2.45, 2.75) is 25.7 Å². The molecule has 2 rings (SSSR count). The van der Waals surface area contributed by atoms with Crippen LogP contribution in [0.1, 0.15) is 25.7 Å². The van der Waals surface area contributed by atoms with Crippen LogP contribution in [0.15, 0.2) is 0 Å². The third-order valence-electron chi connectivity index (χ3n) is 3.49. The molecule has 0 N–H and O–H groups in total. The highest BCUT2D eigenvalue weighted by Crippen LogP contribution is 2.36. The van der Waals surface area contributed by atoms with E-state index in [1.54, 1.807) is 0 Å². The molecule has 1 aliphatic carbocycles. The summed E-state index contributed by atoms with van der Waals surface area (Å²) in [6.07, 6.45) is 5.84. The van der Waals surface area contributed by atoms with Crippen LogP contribution in [0.5, 0.6) is 0 Å². The highest BCUT2D eigenvalue weighted by atomic mass is 16.5. The molecule has 0 aromatic rings. The highest BCUT2D eigenvalue weighted by Gasteiger charge is 2.35. The average Bonchev–Trinajstić information content (AvgIpc) is 2.69. The topological polar surface area (TPSA) is 29.5 Å². The van der Waals surface area contributed by atoms with Gasteiger partial charge in [0.15, 0.2) is 0 Å². The van der Waals surface area contributed by atoms with Gasteiger partial charge in [0.05, 0.1) is 13.2 Å². The van der Waals surface area contributed by atoms with E-state index in [9.17, 15) is 4.79 Å². The molecule has 1 saturated carbocycles. The summed E-state index contributed by atoms with van der Waals surface area (Å²) >= 11 is 0. The fraction of sp³-hybridized carbons (Fsp3) is 0.909. The fourth-order valence-corrected chi connectivity index (χ4v) is 2.60. The average molecular weight is 197 g/mol. The molecule has 80 valence electrons. The van der Waals surface area contributed by atoms with E-state index >= 15 is 0 Å². The van der Waals surface area contributed by atoms with Crippen LogP contribution in [-0.2, 0) is 9.53 Å². The lowest BCUT2D eigenvalue weighted by molar-refractivity contribution is -0.117. The van der Waals surface area contributed by atoms with Gasteiger partial charge in [0.2, 0.25) is 0 Å². The predicted octanol–water partition coefficient (Wildman–Crippen LogP) is 1.08. The second-order valence-electron chi connectivity index (χ2n) is 4.58. The zero-order valence-corrected chi connectivity index (χ0v) is 8.71. The van der Waals surface area contributed by atoms with Gasteiger partial charge in [-0.15, -0.1) is 0 Å². The molecule has 3 nitrogen and oxygen atoms in total. The van der Waals surface area contributed by atoms with Crippen LogP contribution in [-0.4, -0.2) is 44.0 Å². The molecule has 0 unspecified atom stereocenters. The Kier molecular flexibility index (Phi) is 3.19. The maximum absolute atomic E-state index is 11.1. The number of morpholine rings is 1. The highest BCUT2D eigenvalue weighted by molar-refractivity contribution is 5.60. The number of rotatable bonds is 3. The molecular formula is C11H19NO2. The predicted molar refractivity (Wildman–Crippen MR) is 54.2 cm³/mol. The van der Waals surface area contributed by atoms with Crippen molar-refractivity contribution in [1.29, 1.82) is 0 Å². The first kappa shape index (κ1) is 10.1. The molecule has 0 aromatic carbocycles. The Morgan fingerprint density at radius 2 is 1.86 bits per heavy atom. The van der Waals surface area contributed by atoms with Gasteiger partial charge in [-0.3, -0.25) is 4.90 Å². The normalized spacial score (nSPS) is 27.7. The largest absolute Gasteiger partial charge is 0.379 e. The first-order valence-corrected chi connectivity index (χ1v) is 5.61. The Balaban J connectivity index is 1.89. The third-order valence-corrected chi connectivity index (χ3v) is 3.49. The molecule has 0 atom stereocenters. The summed E-state index contributed by atoms with van der Waals surface area (Å²) in [4.78, 5) is 13.5. The van der Waals surface area contributed by atoms with Crippen molar-refractivity contribution in [1.82, 2.24) is 4.90 Å². The van der Waals surface area contributed by atoms with Gasteiger partial charge in [0.25, 0.3) is 0 Å². The van der Waals surface area contributed by atoms with Crippen LogP contribution in [0, 0.1) is 5.41 Å². The molecule has 2 aliphatic rings. The Labute approximate surface area is 85.4 Å². The van der Waals surface area contributed by atoms with Crippen LogP contribution in [0.2, 0.25) is 0 Å². The van der Waals surface area contributed by atoms with Crippen molar-refractivity contribution in [3.05, 3.63) is 0 Å². The molecule has 1 saturated heterocycles. The summed E-state index contributed by atoms with van der Waals surface area (Å²) in [7, 11) is 0. The summed E-state index contributed by atoms with van der Waals surface area (Å²) in [6.45, 7) is 4.61. The van der Waals surface area contributed by atoms with Gasteiger partial charge in [-0.25, -0.2) is 0 Å². The van der Waals surface area contributed by atoms with Crippen molar-refractivity contribution in [3.8, 4) is 0 Å². The van der Waals surface area contributed by atoms with Crippen molar-refractivity contribution in [3.63, 3.8) is 0 Å². The molecule has 1 heterocycles. The lowest BCUT2D eigenvalue weighted by atomic mass is 9.87. The van der Waals surface area contributed by atoms with Crippen LogP contribution in [0.25, 0.3) is 0 Å². The van der Waals surface area contributed by atoms with E-state index in [4.69, 9.17) is 4.74 Å². The Hall–Kier alpha value is -0.410. The maximum Gasteiger partial charge on any atom is 0.127 e. The standard InChI is InChI=1S/C11H19NO2/c13-10-11(3-1-2-4-11)9-12-5-7-14-8-6-12/h10H,1-9H2. The third kappa shape index (κ3) is 2.15. The van der Waals surface area contributed by atoms with E-state index in [1.807, 2.05) is 0 Å². The summed E-state index contributed by atoms with van der Waals surface area (Å²) in [5, 5.41) is 0. The molecule has 0 radical (unpaired) electrons. The van der Waals surface area contributed by atoms with Gasteiger partial charge < -0.3 is 9.53 Å². The van der Waals surface area contributed by atoms with Crippen molar-refractivity contribution >= 4 is 6.29 Å². The molecule has 0 aromatic heterocycles. The number of carbonyl (C=O) groups is 1. The summed E-state index contributed by atoms with van der Waals surface area (Å²) in [5.41, 5.74) is -0.0165. The van der Waals surface area contributed by atoms with E-state index in [0.29, 0.717) is 0 Å². The van der Waals surface area contributed by atoms with E-state index in [1.165, 1.54) is 19.1 Å². The SMILES string of the molecule is O=CC1(CN2CCOCC2)CCCC1. The number of hydrogen-bond acceptors (Lipinski definition) is 3. The maximum atomic E-state index is 11.1. The molecule has 0 amide bonds. The zero-order valence-electron chi connectivity index (χ0n) is 8.71. The van der Waals surface area contributed by atoms with Gasteiger partial charge in [0.1, 0.15) is 6.29 Å². The second-order valence-corrected chi connectivity index (χ2v) is 4.58. The van der Waals surface area contributed by atoms with Crippen molar-refractivity contribution in [2.75, 3.05) is 32.8 Å². The summed E-state index contributed by atoms with van der Waals surface area (Å²) < 4.78 is 5.30. The molecule has 3 heteroatoms. The van der Waals surface area contributed by atoms with E-state index in [-0.39, 0.29) is 5.41 Å². The number of carbonyl (C=O) groups excluding carboxylic acids is 1. The molecular weight excluding hydrogens is 178 g/mol. The van der Waals surface area contributed by atoms with Gasteiger partial charge >= 0.3 is 0 Å². The number of nitrogens with zero attached hydrogens (tertiary/aromatic N) is 1. The van der Waals surface area contributed by atoms with Crippen LogP contribution in [0.3, 0.4) is 0 Å². The minimum absolute atomic E-state index is 0.0165. The molecule has 0 spiro atoms. The lowest BCUT2D eigenvalue weighted by Gasteiger charge is -2.33. The van der Waals surface area contributed by atoms with E-state index in [0.717, 1.165) is 45.7 Å². The monoisotopic (exact) mass is 197 g/mol. The first-order valence-electron chi connectivity index (χ1n) is 5.61. The van der Waals surface area contributed by atoms with E-state index in [2.05, 4.69) is 4.90 Å². The minimum Gasteiger partial charge on any atom is -0.379 e. The summed E-state index contributed by atoms with van der Waals surface area (Å²) in [6, 6.07) is 0. The summed E-state index contributed by atoms with van der Waals surface area (Å²) in [5.74, 6) is 0. The Morgan fingerprint density at radius 3 is 2.43 bits per heavy atom. The van der Waals surface area contributed by atoms with Crippen molar-refractivity contribution < 1.29 is 9.53 Å². The van der Waals surface area contributed by atoms with Gasteiger partial charge in [0, 0.05) is 25.0 Å². The van der Waals surface area contributed by atoms with E-state index < -0.39 is 0 Å². The van der Waals surface area contributed by atoms with Crippen LogP contribution in [0.4, 0.5) is 0 Å². The molecule has 2 fully saturated rings. The lowest BCUT2D eigenvalue weighted by Crippen LogP contribution is -2.43. The quantitative estimate of drug-likeness (QED) is 0.634. The van der Waals surface area contributed by atoms with Crippen LogP contribution < -0.4 is 0 Å². The second kappa shape index (κ2) is 4.41. The molecule has 14 heavy (non-hydrogen) atoms. The minimum atomic E-state index is -0.0165. The Morgan fingerprint density at radius 1 is 1.21 bits per heavy atom. The molecule has 1 aliphatic heterocycles. The zero-order chi connectivity index (χ0) is 9.86. The van der Waals surface area contributed by atoms with Gasteiger partial charge in [-0.1, -0.05) is 12.8 Å². The molecule has 0 bridgehead atoms. The first-order chi connectivity index (χ1) is 6.85. The van der Waals surface area contributed by atoms with Gasteiger partial charge in [-0.05, 0) is 12.8 Å². The number of hydrogen-bond donors (Lipinski definition) is 0. The number of ether oxygens (including phenoxy) is 1. The van der Waals surface area contributed by atoms with Crippen molar-refractivity contribution in [2.24, 2.45) is 5.41 Å². The van der Waals surface area contributed by atoms with Gasteiger partial charge in [-0.2, -0.15) is 0 Å².